The van der Waals surface area contributed by atoms with E-state index in [4.69, 9.17) is 5.73 Å². The van der Waals surface area contributed by atoms with Crippen molar-refractivity contribution in [1.82, 2.24) is 15.1 Å². The lowest BCUT2D eigenvalue weighted by Crippen LogP contribution is -2.44. The van der Waals surface area contributed by atoms with Crippen LogP contribution in [0, 0.1) is 18.8 Å². The van der Waals surface area contributed by atoms with Crippen molar-refractivity contribution in [3.05, 3.63) is 76.0 Å². The molecule has 2 heterocycles. The molecule has 2 aliphatic heterocycles. The van der Waals surface area contributed by atoms with E-state index in [2.05, 4.69) is 37.4 Å². The van der Waals surface area contributed by atoms with Crippen LogP contribution < -0.4 is 16.4 Å². The molecule has 0 radical (unpaired) electrons. The summed E-state index contributed by atoms with van der Waals surface area (Å²) in [6.45, 7) is 9.10. The standard InChI is InChI=1S/C30H34F3N7O.C2H6/c1-20-7-8-22(17-21(20)9-11-24-5-4-6-27(36-24)38-29(34)35-2)28(41)37-25-12-10-23(26(18-25)30(31,32)33)19-40-15-13-39(3)14-16-40;1-2/h5,7-8,10,12,17-18H,4,6,13-16,19H2,1-3H3,(H,37,41)(H3,34,35,36,38);1-2H3. The van der Waals surface area contributed by atoms with Crippen LogP contribution in [0.5, 0.6) is 0 Å². The lowest BCUT2D eigenvalue weighted by molar-refractivity contribution is -0.138. The van der Waals surface area contributed by atoms with Gasteiger partial charge < -0.3 is 21.3 Å². The summed E-state index contributed by atoms with van der Waals surface area (Å²) in [5.74, 6) is 6.44. The fourth-order valence-electron chi connectivity index (χ4n) is 4.52. The molecule has 0 saturated carbocycles. The predicted molar refractivity (Wildman–Crippen MR) is 167 cm³/mol. The number of likely N-dealkylation sites (N-methyl/N-ethyl adjacent to an activating group) is 1. The Balaban J connectivity index is 0.00000248. The minimum Gasteiger partial charge on any atom is -0.368 e. The SMILES string of the molecule is CC.CN=C(N)/N=C1/CCC=C(C#Cc2cc(C(=O)Nc3ccc(CN4CCN(C)CC4)c(C(F)(F)F)c3)ccc2C)N1. The molecule has 2 aromatic rings. The third kappa shape index (κ3) is 9.70. The first-order chi connectivity index (χ1) is 20.5. The molecular formula is C32H40F3N7O. The molecule has 1 fully saturated rings. The van der Waals surface area contributed by atoms with Gasteiger partial charge in [0, 0.05) is 63.0 Å². The number of hydrogen-bond donors (Lipinski definition) is 3. The van der Waals surface area contributed by atoms with Crippen molar-refractivity contribution in [3.8, 4) is 11.8 Å². The number of amides is 1. The van der Waals surface area contributed by atoms with Crippen molar-refractivity contribution < 1.29 is 18.0 Å². The molecule has 2 aromatic carbocycles. The molecule has 0 aromatic heterocycles. The first kappa shape index (κ1) is 33.4. The maximum Gasteiger partial charge on any atom is 0.416 e. The molecule has 2 aliphatic rings. The zero-order valence-corrected chi connectivity index (χ0v) is 25.4. The van der Waals surface area contributed by atoms with Gasteiger partial charge in [-0.05, 0) is 61.7 Å². The summed E-state index contributed by atoms with van der Waals surface area (Å²) < 4.78 is 41.9. The van der Waals surface area contributed by atoms with Gasteiger partial charge in [-0.25, -0.2) is 4.99 Å². The monoisotopic (exact) mass is 595 g/mol. The number of aliphatic imine (C=N–C) groups is 2. The highest BCUT2D eigenvalue weighted by Crippen LogP contribution is 2.34. The average molecular weight is 596 g/mol. The van der Waals surface area contributed by atoms with Gasteiger partial charge in [0.25, 0.3) is 5.91 Å². The number of benzene rings is 2. The van der Waals surface area contributed by atoms with Crippen molar-refractivity contribution in [2.75, 3.05) is 45.6 Å². The van der Waals surface area contributed by atoms with Gasteiger partial charge in [0.2, 0.25) is 5.96 Å². The number of aryl methyl sites for hydroxylation is 1. The van der Waals surface area contributed by atoms with Gasteiger partial charge in [0.15, 0.2) is 0 Å². The molecule has 0 bridgehead atoms. The van der Waals surface area contributed by atoms with Crippen molar-refractivity contribution in [1.29, 1.82) is 0 Å². The normalized spacial score (nSPS) is 17.2. The molecule has 230 valence electrons. The smallest absolute Gasteiger partial charge is 0.368 e. The number of amidine groups is 1. The molecule has 0 spiro atoms. The summed E-state index contributed by atoms with van der Waals surface area (Å²) in [6.07, 6.45) is -1.18. The van der Waals surface area contributed by atoms with Gasteiger partial charge in [0.1, 0.15) is 5.84 Å². The Kier molecular flexibility index (Phi) is 11.9. The number of nitrogens with one attached hydrogen (secondary N) is 2. The van der Waals surface area contributed by atoms with Crippen LogP contribution in [0.4, 0.5) is 18.9 Å². The Hall–Kier alpha value is -4.14. The van der Waals surface area contributed by atoms with Gasteiger partial charge in [-0.3, -0.25) is 14.7 Å². The van der Waals surface area contributed by atoms with Crippen molar-refractivity contribution in [3.63, 3.8) is 0 Å². The molecular weight excluding hydrogens is 555 g/mol. The van der Waals surface area contributed by atoms with E-state index >= 15 is 0 Å². The Labute approximate surface area is 251 Å². The van der Waals surface area contributed by atoms with E-state index in [1.54, 1.807) is 25.2 Å². The van der Waals surface area contributed by atoms with Crippen LogP contribution in [0.3, 0.4) is 0 Å². The molecule has 4 rings (SSSR count). The molecule has 1 amide bonds. The third-order valence-electron chi connectivity index (χ3n) is 6.98. The van der Waals surface area contributed by atoms with Gasteiger partial charge in [-0.15, -0.1) is 0 Å². The second kappa shape index (κ2) is 15.4. The molecule has 0 unspecified atom stereocenters. The summed E-state index contributed by atoms with van der Waals surface area (Å²) in [4.78, 5) is 25.2. The Morgan fingerprint density at radius 3 is 2.49 bits per heavy atom. The fraction of sp³-hybridized carbons (Fsp3) is 0.406. The van der Waals surface area contributed by atoms with Crippen LogP contribution in [0.15, 0.2) is 58.2 Å². The van der Waals surface area contributed by atoms with Crippen LogP contribution in [0.25, 0.3) is 0 Å². The summed E-state index contributed by atoms with van der Waals surface area (Å²) in [7, 11) is 3.56. The number of halogens is 3. The second-order valence-electron chi connectivity index (χ2n) is 10.1. The molecule has 43 heavy (non-hydrogen) atoms. The minimum absolute atomic E-state index is 0.0796. The van der Waals surface area contributed by atoms with E-state index in [0.29, 0.717) is 36.6 Å². The average Bonchev–Trinajstić information content (AvgIpc) is 2.99. The van der Waals surface area contributed by atoms with Crippen LogP contribution in [0.1, 0.15) is 59.3 Å². The van der Waals surface area contributed by atoms with E-state index in [9.17, 15) is 18.0 Å². The summed E-state index contributed by atoms with van der Waals surface area (Å²) >= 11 is 0. The van der Waals surface area contributed by atoms with Crippen LogP contribution >= 0.6 is 0 Å². The lowest BCUT2D eigenvalue weighted by Gasteiger charge is -2.33. The molecule has 8 nitrogen and oxygen atoms in total. The van der Waals surface area contributed by atoms with Crippen LogP contribution in [-0.4, -0.2) is 67.8 Å². The van der Waals surface area contributed by atoms with Gasteiger partial charge in [-0.1, -0.05) is 38.0 Å². The largest absolute Gasteiger partial charge is 0.416 e. The van der Waals surface area contributed by atoms with E-state index in [0.717, 1.165) is 31.1 Å². The van der Waals surface area contributed by atoms with Crippen LogP contribution in [-0.2, 0) is 12.7 Å². The van der Waals surface area contributed by atoms with Crippen molar-refractivity contribution in [2.45, 2.75) is 46.3 Å². The van der Waals surface area contributed by atoms with Crippen molar-refractivity contribution >= 4 is 23.4 Å². The number of allylic oxidation sites excluding steroid dienone is 2. The first-order valence-corrected chi connectivity index (χ1v) is 14.3. The molecule has 11 heteroatoms. The quantitative estimate of drug-likeness (QED) is 0.263. The van der Waals surface area contributed by atoms with Gasteiger partial charge >= 0.3 is 6.18 Å². The Morgan fingerprint density at radius 1 is 1.09 bits per heavy atom. The van der Waals surface area contributed by atoms with E-state index in [1.807, 2.05) is 38.8 Å². The van der Waals surface area contributed by atoms with Crippen LogP contribution in [0.2, 0.25) is 0 Å². The summed E-state index contributed by atoms with van der Waals surface area (Å²) in [6, 6.07) is 8.99. The van der Waals surface area contributed by atoms with E-state index < -0.39 is 17.6 Å². The molecule has 4 N–H and O–H groups in total. The van der Waals surface area contributed by atoms with Crippen molar-refractivity contribution in [2.24, 2.45) is 15.7 Å². The Morgan fingerprint density at radius 2 is 1.81 bits per heavy atom. The second-order valence-corrected chi connectivity index (χ2v) is 10.1. The Bertz CT molecular complexity index is 1440. The number of carbonyl (C=O) groups excluding carboxylic acids is 1. The number of rotatable bonds is 4. The summed E-state index contributed by atoms with van der Waals surface area (Å²) in [5, 5.41) is 5.75. The lowest BCUT2D eigenvalue weighted by atomic mass is 10.0. The fourth-order valence-corrected chi connectivity index (χ4v) is 4.52. The number of hydrogen-bond acceptors (Lipinski definition) is 4. The van der Waals surface area contributed by atoms with Gasteiger partial charge in [-0.2, -0.15) is 13.2 Å². The van der Waals surface area contributed by atoms with Gasteiger partial charge in [0.05, 0.1) is 11.3 Å². The number of carbonyl (C=O) groups is 1. The third-order valence-corrected chi connectivity index (χ3v) is 6.98. The zero-order valence-electron chi connectivity index (χ0n) is 25.4. The molecule has 0 atom stereocenters. The summed E-state index contributed by atoms with van der Waals surface area (Å²) in [5.41, 5.74) is 7.63. The predicted octanol–water partition coefficient (Wildman–Crippen LogP) is 5.00. The first-order valence-electron chi connectivity index (χ1n) is 14.3. The van der Waals surface area contributed by atoms with E-state index in [1.165, 1.54) is 12.1 Å². The maximum atomic E-state index is 14.0. The number of guanidine groups is 1. The number of nitrogens with zero attached hydrogens (tertiary/aromatic N) is 4. The molecule has 0 aliphatic carbocycles. The number of nitrogens with two attached hydrogens (primary N) is 1. The maximum absolute atomic E-state index is 14.0. The topological polar surface area (TPSA) is 98.3 Å². The zero-order chi connectivity index (χ0) is 31.6. The van der Waals surface area contributed by atoms with E-state index in [-0.39, 0.29) is 29.3 Å². The number of alkyl halides is 3. The number of piperazine rings is 1. The molecule has 1 saturated heterocycles. The minimum atomic E-state index is -4.54. The highest BCUT2D eigenvalue weighted by Gasteiger charge is 2.34. The highest BCUT2D eigenvalue weighted by molar-refractivity contribution is 6.04. The number of anilines is 1. The highest BCUT2D eigenvalue weighted by atomic mass is 19.4.